The van der Waals surface area contributed by atoms with Crippen molar-refractivity contribution in [3.63, 3.8) is 0 Å². The fourth-order valence-corrected chi connectivity index (χ4v) is 2.43. The lowest BCUT2D eigenvalue weighted by Crippen LogP contribution is -2.43. The summed E-state index contributed by atoms with van der Waals surface area (Å²) in [5, 5.41) is 3.55. The summed E-state index contributed by atoms with van der Waals surface area (Å²) in [6.45, 7) is 11.6. The van der Waals surface area contributed by atoms with Crippen molar-refractivity contribution in [2.45, 2.75) is 51.6 Å². The van der Waals surface area contributed by atoms with Gasteiger partial charge < -0.3 is 15.1 Å². The molecule has 1 heterocycles. The Kier molecular flexibility index (Phi) is 5.90. The largest absolute Gasteiger partial charge is 0.312 e. The maximum atomic E-state index is 3.55. The van der Waals surface area contributed by atoms with Gasteiger partial charge in [0.1, 0.15) is 0 Å². The molecule has 0 aromatic heterocycles. The van der Waals surface area contributed by atoms with E-state index in [-0.39, 0.29) is 5.54 Å². The lowest BCUT2D eigenvalue weighted by atomic mass is 10.0. The normalized spacial score (nSPS) is 20.1. The number of hydrogen-bond acceptors (Lipinski definition) is 3. The summed E-state index contributed by atoms with van der Waals surface area (Å²) in [4.78, 5) is 4.99. The zero-order valence-corrected chi connectivity index (χ0v) is 12.4. The maximum Gasteiger partial charge on any atom is 0.0113 e. The van der Waals surface area contributed by atoms with Crippen molar-refractivity contribution in [3.8, 4) is 0 Å². The molecule has 0 aromatic carbocycles. The van der Waals surface area contributed by atoms with Crippen LogP contribution in [0.3, 0.4) is 0 Å². The standard InChI is InChI=1S/C14H31N3/c1-14(2,3)15-9-6-10-17-11-7-13(8-12-17)16(4)5/h13,15H,6-12H2,1-5H3. The minimum Gasteiger partial charge on any atom is -0.312 e. The summed E-state index contributed by atoms with van der Waals surface area (Å²) in [5.74, 6) is 0. The molecule has 1 rings (SSSR count). The van der Waals surface area contributed by atoms with Gasteiger partial charge in [0.2, 0.25) is 0 Å². The first-order valence-corrected chi connectivity index (χ1v) is 7.02. The second-order valence-electron chi connectivity index (χ2n) is 6.57. The van der Waals surface area contributed by atoms with Gasteiger partial charge in [0, 0.05) is 11.6 Å². The van der Waals surface area contributed by atoms with Crippen molar-refractivity contribution in [3.05, 3.63) is 0 Å². The van der Waals surface area contributed by atoms with Gasteiger partial charge in [0.05, 0.1) is 0 Å². The first-order valence-electron chi connectivity index (χ1n) is 7.02. The van der Waals surface area contributed by atoms with Crippen LogP contribution in [0.4, 0.5) is 0 Å². The smallest absolute Gasteiger partial charge is 0.0113 e. The van der Waals surface area contributed by atoms with Gasteiger partial charge in [-0.25, -0.2) is 0 Å². The fourth-order valence-electron chi connectivity index (χ4n) is 2.43. The Morgan fingerprint density at radius 1 is 1.18 bits per heavy atom. The molecule has 17 heavy (non-hydrogen) atoms. The van der Waals surface area contributed by atoms with Crippen LogP contribution in [-0.4, -0.2) is 61.7 Å². The minimum absolute atomic E-state index is 0.262. The summed E-state index contributed by atoms with van der Waals surface area (Å²) in [6.07, 6.45) is 3.93. The van der Waals surface area contributed by atoms with E-state index in [2.05, 4.69) is 50.0 Å². The highest BCUT2D eigenvalue weighted by molar-refractivity contribution is 4.77. The Labute approximate surface area is 108 Å². The van der Waals surface area contributed by atoms with Gasteiger partial charge in [-0.1, -0.05) is 0 Å². The van der Waals surface area contributed by atoms with Crippen LogP contribution in [-0.2, 0) is 0 Å². The molecular weight excluding hydrogens is 210 g/mol. The van der Waals surface area contributed by atoms with Crippen LogP contribution in [0.5, 0.6) is 0 Å². The van der Waals surface area contributed by atoms with E-state index in [0.29, 0.717) is 0 Å². The van der Waals surface area contributed by atoms with Crippen molar-refractivity contribution < 1.29 is 0 Å². The van der Waals surface area contributed by atoms with E-state index in [1.807, 2.05) is 0 Å². The van der Waals surface area contributed by atoms with E-state index < -0.39 is 0 Å². The van der Waals surface area contributed by atoms with Gasteiger partial charge >= 0.3 is 0 Å². The molecule has 1 N–H and O–H groups in total. The fraction of sp³-hybridized carbons (Fsp3) is 1.00. The number of piperidine rings is 1. The Balaban J connectivity index is 2.07. The van der Waals surface area contributed by atoms with Crippen LogP contribution >= 0.6 is 0 Å². The molecule has 1 aliphatic rings. The molecular formula is C14H31N3. The summed E-state index contributed by atoms with van der Waals surface area (Å²) >= 11 is 0. The van der Waals surface area contributed by atoms with Gasteiger partial charge in [0.15, 0.2) is 0 Å². The third-order valence-corrected chi connectivity index (χ3v) is 3.59. The summed E-state index contributed by atoms with van der Waals surface area (Å²) in [7, 11) is 4.40. The van der Waals surface area contributed by atoms with Crippen LogP contribution in [0.1, 0.15) is 40.0 Å². The molecule has 3 heteroatoms. The van der Waals surface area contributed by atoms with Crippen molar-refractivity contribution >= 4 is 0 Å². The quantitative estimate of drug-likeness (QED) is 0.740. The minimum atomic E-state index is 0.262. The average Bonchev–Trinajstić information content (AvgIpc) is 2.24. The predicted octanol–water partition coefficient (Wildman–Crippen LogP) is 1.79. The molecule has 0 spiro atoms. The van der Waals surface area contributed by atoms with Crippen LogP contribution in [0.2, 0.25) is 0 Å². The molecule has 0 saturated carbocycles. The first kappa shape index (κ1) is 14.9. The molecule has 3 nitrogen and oxygen atoms in total. The monoisotopic (exact) mass is 241 g/mol. The molecule has 1 aliphatic heterocycles. The van der Waals surface area contributed by atoms with Crippen molar-refractivity contribution in [2.75, 3.05) is 40.3 Å². The van der Waals surface area contributed by atoms with Crippen LogP contribution in [0.25, 0.3) is 0 Å². The topological polar surface area (TPSA) is 18.5 Å². The zero-order valence-electron chi connectivity index (χ0n) is 12.4. The lowest BCUT2D eigenvalue weighted by Gasteiger charge is -2.35. The van der Waals surface area contributed by atoms with Crippen molar-refractivity contribution in [2.24, 2.45) is 0 Å². The third kappa shape index (κ3) is 6.39. The molecule has 0 bridgehead atoms. The van der Waals surface area contributed by atoms with E-state index >= 15 is 0 Å². The Hall–Kier alpha value is -0.120. The Bertz CT molecular complexity index is 200. The lowest BCUT2D eigenvalue weighted by molar-refractivity contribution is 0.143. The van der Waals surface area contributed by atoms with E-state index in [1.165, 1.54) is 38.9 Å². The molecule has 0 aromatic rings. The van der Waals surface area contributed by atoms with E-state index in [4.69, 9.17) is 0 Å². The number of nitrogens with one attached hydrogen (secondary N) is 1. The van der Waals surface area contributed by atoms with Crippen molar-refractivity contribution in [1.29, 1.82) is 0 Å². The van der Waals surface area contributed by atoms with E-state index in [1.54, 1.807) is 0 Å². The number of nitrogens with zero attached hydrogens (tertiary/aromatic N) is 2. The van der Waals surface area contributed by atoms with E-state index in [9.17, 15) is 0 Å². The molecule has 1 fully saturated rings. The Morgan fingerprint density at radius 3 is 2.24 bits per heavy atom. The number of hydrogen-bond donors (Lipinski definition) is 1. The van der Waals surface area contributed by atoms with Gasteiger partial charge in [-0.3, -0.25) is 0 Å². The first-order chi connectivity index (χ1) is 7.88. The number of rotatable bonds is 5. The molecule has 0 aliphatic carbocycles. The van der Waals surface area contributed by atoms with Crippen LogP contribution in [0, 0.1) is 0 Å². The molecule has 0 unspecified atom stereocenters. The van der Waals surface area contributed by atoms with Gasteiger partial charge in [-0.05, 0) is 80.3 Å². The summed E-state index contributed by atoms with van der Waals surface area (Å²) in [6, 6.07) is 0.805. The van der Waals surface area contributed by atoms with Gasteiger partial charge in [-0.2, -0.15) is 0 Å². The van der Waals surface area contributed by atoms with Crippen LogP contribution in [0.15, 0.2) is 0 Å². The van der Waals surface area contributed by atoms with E-state index in [0.717, 1.165) is 12.6 Å². The summed E-state index contributed by atoms with van der Waals surface area (Å²) in [5.41, 5.74) is 0.262. The molecule has 1 saturated heterocycles. The predicted molar refractivity (Wildman–Crippen MR) is 75.5 cm³/mol. The Morgan fingerprint density at radius 2 is 1.76 bits per heavy atom. The highest BCUT2D eigenvalue weighted by Gasteiger charge is 2.19. The molecule has 102 valence electrons. The zero-order chi connectivity index (χ0) is 12.9. The third-order valence-electron chi connectivity index (χ3n) is 3.59. The van der Waals surface area contributed by atoms with Crippen LogP contribution < -0.4 is 5.32 Å². The van der Waals surface area contributed by atoms with Gasteiger partial charge in [0.25, 0.3) is 0 Å². The maximum absolute atomic E-state index is 3.55. The highest BCUT2D eigenvalue weighted by Crippen LogP contribution is 2.14. The molecule has 0 atom stereocenters. The molecule has 0 amide bonds. The summed E-state index contributed by atoms with van der Waals surface area (Å²) < 4.78 is 0. The second kappa shape index (κ2) is 6.72. The van der Waals surface area contributed by atoms with Gasteiger partial charge in [-0.15, -0.1) is 0 Å². The highest BCUT2D eigenvalue weighted by atomic mass is 15.2. The average molecular weight is 241 g/mol. The molecule has 0 radical (unpaired) electrons. The second-order valence-corrected chi connectivity index (χ2v) is 6.57. The number of likely N-dealkylation sites (tertiary alicyclic amines) is 1. The van der Waals surface area contributed by atoms with Crippen molar-refractivity contribution in [1.82, 2.24) is 15.1 Å². The SMILES string of the molecule is CN(C)C1CCN(CCCNC(C)(C)C)CC1.